The molecule has 0 aromatic rings. The molecule has 0 bridgehead atoms. The fourth-order valence-corrected chi connectivity index (χ4v) is 3.19. The highest BCUT2D eigenvalue weighted by atomic mass is 28.4. The summed E-state index contributed by atoms with van der Waals surface area (Å²) >= 11 is 0. The van der Waals surface area contributed by atoms with Gasteiger partial charge >= 0.3 is 0 Å². The molecule has 7 heteroatoms. The highest BCUT2D eigenvalue weighted by molar-refractivity contribution is 6.74. The normalized spacial score (nSPS) is 14.8. The zero-order chi connectivity index (χ0) is 17.4. The van der Waals surface area contributed by atoms with E-state index < -0.39 is 14.4 Å². The first-order chi connectivity index (χ1) is 10.0. The van der Waals surface area contributed by atoms with E-state index in [1.807, 2.05) is 14.1 Å². The zero-order valence-electron chi connectivity index (χ0n) is 15.4. The van der Waals surface area contributed by atoms with Gasteiger partial charge in [0.15, 0.2) is 8.32 Å². The average molecular weight is 349 g/mol. The molecule has 0 saturated heterocycles. The highest BCUT2D eigenvalue weighted by Crippen LogP contribution is 2.37. The summed E-state index contributed by atoms with van der Waals surface area (Å²) in [6.45, 7) is 13.1. The van der Waals surface area contributed by atoms with Crippen LogP contribution in [0.5, 0.6) is 0 Å². The molecule has 0 aliphatic heterocycles. The molecular weight excluding hydrogens is 308 g/mol. The number of carbonyl (C=O) groups is 1. The molecule has 140 valence electrons. The van der Waals surface area contributed by atoms with Crippen LogP contribution in [0.1, 0.15) is 34.6 Å². The van der Waals surface area contributed by atoms with Crippen LogP contribution < -0.4 is 21.7 Å². The van der Waals surface area contributed by atoms with Crippen LogP contribution in [-0.2, 0) is 9.22 Å². The van der Waals surface area contributed by atoms with Crippen molar-refractivity contribution in [3.05, 3.63) is 0 Å². The summed E-state index contributed by atoms with van der Waals surface area (Å²) in [5.74, 6) is -0.116. The summed E-state index contributed by atoms with van der Waals surface area (Å²) in [6, 6.07) is -0.542. The summed E-state index contributed by atoms with van der Waals surface area (Å²) < 4.78 is 6.39. The number of rotatable bonds is 10. The Kier molecular flexibility index (Phi) is 12.0. The van der Waals surface area contributed by atoms with E-state index in [-0.39, 0.29) is 24.5 Å². The van der Waals surface area contributed by atoms with Crippen molar-refractivity contribution in [1.29, 1.82) is 0 Å². The predicted octanol–water partition coefficient (Wildman–Crippen LogP) is 1.29. The number of nitrogens with two attached hydrogens (primary N) is 1. The number of hydrogen-bond acceptors (Lipinski definition) is 5. The number of hydrogen-bond donors (Lipinski definition) is 4. The lowest BCUT2D eigenvalue weighted by molar-refractivity contribution is -0.122. The Morgan fingerprint density at radius 1 is 1.17 bits per heavy atom. The quantitative estimate of drug-likeness (QED) is 0.353. The number of amides is 1. The standard InChI is InChI=1S/C15H36N4O2Si.CH4/c1-15(2,3)22(6,7)21-12(11-18-5)10-13(16)14(20)19-9-8-17-4;/h12-13,17-18H,8-11,16H2,1-7H3,(H,19,20);1H4/t12-,13+;/m1./s1. The number of carbonyl (C=O) groups excluding carboxylic acids is 1. The molecule has 0 rings (SSSR count). The molecule has 0 unspecified atom stereocenters. The van der Waals surface area contributed by atoms with Crippen LogP contribution in [-0.4, -0.2) is 60.1 Å². The van der Waals surface area contributed by atoms with E-state index in [4.69, 9.17) is 10.2 Å². The van der Waals surface area contributed by atoms with Crippen molar-refractivity contribution in [2.24, 2.45) is 5.73 Å². The van der Waals surface area contributed by atoms with Gasteiger partial charge in [-0.1, -0.05) is 28.2 Å². The lowest BCUT2D eigenvalue weighted by atomic mass is 10.1. The first kappa shape index (κ1) is 24.8. The van der Waals surface area contributed by atoms with Gasteiger partial charge in [-0.05, 0) is 38.6 Å². The lowest BCUT2D eigenvalue weighted by Crippen LogP contribution is -2.50. The summed E-state index contributed by atoms with van der Waals surface area (Å²) in [6.07, 6.45) is 0.481. The van der Waals surface area contributed by atoms with E-state index in [9.17, 15) is 4.79 Å². The molecule has 1 amide bonds. The number of nitrogens with one attached hydrogen (secondary N) is 3. The third-order valence-corrected chi connectivity index (χ3v) is 8.76. The van der Waals surface area contributed by atoms with Crippen molar-refractivity contribution >= 4 is 14.2 Å². The van der Waals surface area contributed by atoms with Crippen LogP contribution in [0.4, 0.5) is 0 Å². The van der Waals surface area contributed by atoms with Crippen molar-refractivity contribution in [1.82, 2.24) is 16.0 Å². The van der Waals surface area contributed by atoms with Gasteiger partial charge in [0.25, 0.3) is 0 Å². The van der Waals surface area contributed by atoms with Gasteiger partial charge in [0.1, 0.15) is 0 Å². The van der Waals surface area contributed by atoms with Crippen LogP contribution >= 0.6 is 0 Å². The Balaban J connectivity index is 0. The molecule has 0 aromatic heterocycles. The van der Waals surface area contributed by atoms with E-state index in [2.05, 4.69) is 49.8 Å². The maximum atomic E-state index is 12.0. The Bertz CT molecular complexity index is 333. The molecule has 5 N–H and O–H groups in total. The van der Waals surface area contributed by atoms with Crippen molar-refractivity contribution in [3.63, 3.8) is 0 Å². The molecule has 23 heavy (non-hydrogen) atoms. The SMILES string of the molecule is C.CNCCNC(=O)[C@@H](N)C[C@H](CNC)O[Si](C)(C)C(C)(C)C. The smallest absolute Gasteiger partial charge is 0.237 e. The molecular formula is C16H40N4O2Si. The van der Waals surface area contributed by atoms with Crippen LogP contribution in [0.15, 0.2) is 0 Å². The molecule has 0 radical (unpaired) electrons. The van der Waals surface area contributed by atoms with E-state index in [1.54, 1.807) is 0 Å². The minimum Gasteiger partial charge on any atom is -0.413 e. The fraction of sp³-hybridized carbons (Fsp3) is 0.938. The minimum atomic E-state index is -1.88. The molecule has 2 atom stereocenters. The molecule has 0 saturated carbocycles. The fourth-order valence-electron chi connectivity index (χ4n) is 1.83. The molecule has 0 aromatic carbocycles. The second kappa shape index (κ2) is 11.1. The molecule has 0 heterocycles. The van der Waals surface area contributed by atoms with Gasteiger partial charge in [-0.2, -0.15) is 0 Å². The first-order valence-electron chi connectivity index (χ1n) is 8.05. The third kappa shape index (κ3) is 9.41. The van der Waals surface area contributed by atoms with Gasteiger partial charge < -0.3 is 26.1 Å². The van der Waals surface area contributed by atoms with Crippen LogP contribution in [0.2, 0.25) is 18.1 Å². The van der Waals surface area contributed by atoms with Gasteiger partial charge in [-0.25, -0.2) is 0 Å². The van der Waals surface area contributed by atoms with Crippen molar-refractivity contribution in [3.8, 4) is 0 Å². The minimum absolute atomic E-state index is 0. The van der Waals surface area contributed by atoms with Crippen molar-refractivity contribution in [2.75, 3.05) is 33.7 Å². The Labute approximate surface area is 144 Å². The topological polar surface area (TPSA) is 88.4 Å². The highest BCUT2D eigenvalue weighted by Gasteiger charge is 2.39. The predicted molar refractivity (Wildman–Crippen MR) is 102 cm³/mol. The Morgan fingerprint density at radius 3 is 2.17 bits per heavy atom. The second-order valence-electron chi connectivity index (χ2n) is 7.29. The number of likely N-dealkylation sites (N-methyl/N-ethyl adjacent to an activating group) is 2. The first-order valence-corrected chi connectivity index (χ1v) is 11.0. The molecule has 0 aliphatic rings. The van der Waals surface area contributed by atoms with E-state index in [1.165, 1.54) is 0 Å². The van der Waals surface area contributed by atoms with Crippen LogP contribution in [0, 0.1) is 0 Å². The van der Waals surface area contributed by atoms with Gasteiger partial charge in [0.2, 0.25) is 5.91 Å². The monoisotopic (exact) mass is 348 g/mol. The molecule has 6 nitrogen and oxygen atoms in total. The average Bonchev–Trinajstić information content (AvgIpc) is 2.37. The van der Waals surface area contributed by atoms with Crippen molar-refractivity contribution in [2.45, 2.75) is 64.9 Å². The van der Waals surface area contributed by atoms with Gasteiger partial charge in [0.05, 0.1) is 12.1 Å². The summed E-state index contributed by atoms with van der Waals surface area (Å²) in [7, 11) is 1.86. The molecule has 0 fully saturated rings. The Morgan fingerprint density at radius 2 is 1.74 bits per heavy atom. The summed E-state index contributed by atoms with van der Waals surface area (Å²) in [5, 5.41) is 9.09. The lowest BCUT2D eigenvalue weighted by Gasteiger charge is -2.39. The van der Waals surface area contributed by atoms with E-state index in [0.29, 0.717) is 19.5 Å². The zero-order valence-corrected chi connectivity index (χ0v) is 16.4. The van der Waals surface area contributed by atoms with Gasteiger partial charge in [-0.15, -0.1) is 0 Å². The van der Waals surface area contributed by atoms with Crippen molar-refractivity contribution < 1.29 is 9.22 Å². The molecule has 0 spiro atoms. The third-order valence-electron chi connectivity index (χ3n) is 4.23. The van der Waals surface area contributed by atoms with E-state index in [0.717, 1.165) is 6.54 Å². The summed E-state index contributed by atoms with van der Waals surface area (Å²) in [4.78, 5) is 12.0. The van der Waals surface area contributed by atoms with E-state index >= 15 is 0 Å². The van der Waals surface area contributed by atoms with Crippen LogP contribution in [0.25, 0.3) is 0 Å². The Hall–Kier alpha value is -0.473. The van der Waals surface area contributed by atoms with Gasteiger partial charge in [-0.3, -0.25) is 4.79 Å². The van der Waals surface area contributed by atoms with Crippen LogP contribution in [0.3, 0.4) is 0 Å². The maximum Gasteiger partial charge on any atom is 0.237 e. The molecule has 0 aliphatic carbocycles. The summed E-state index contributed by atoms with van der Waals surface area (Å²) in [5.41, 5.74) is 6.03. The van der Waals surface area contributed by atoms with Gasteiger partial charge in [0, 0.05) is 19.6 Å². The second-order valence-corrected chi connectivity index (χ2v) is 12.1. The largest absolute Gasteiger partial charge is 0.413 e. The maximum absolute atomic E-state index is 12.0.